The Kier molecular flexibility index (Phi) is 4.10. The highest BCUT2D eigenvalue weighted by atomic mass is 16.3. The minimum Gasteiger partial charge on any atom is -0.443 e. The Bertz CT molecular complexity index is 517. The van der Waals surface area contributed by atoms with Gasteiger partial charge in [-0.1, -0.05) is 6.07 Å². The molecule has 0 atom stereocenters. The Morgan fingerprint density at radius 3 is 3.11 bits per heavy atom. The summed E-state index contributed by atoms with van der Waals surface area (Å²) < 4.78 is 5.32. The second kappa shape index (κ2) is 6.17. The number of piperidine rings is 1. The van der Waals surface area contributed by atoms with Gasteiger partial charge in [-0.05, 0) is 69.1 Å². The van der Waals surface area contributed by atoms with Crippen LogP contribution in [0.3, 0.4) is 0 Å². The molecule has 2 N–H and O–H groups in total. The number of rotatable bonds is 5. The number of aromatic nitrogens is 1. The Morgan fingerprint density at radius 2 is 2.21 bits per heavy atom. The van der Waals surface area contributed by atoms with Crippen molar-refractivity contribution in [2.45, 2.75) is 19.3 Å². The SMILES string of the molecule is c1nc2ccc(CCNCC3CCNCC3)cc2o1. The number of nitrogens with one attached hydrogen (secondary N) is 2. The van der Waals surface area contributed by atoms with E-state index in [4.69, 9.17) is 4.42 Å². The predicted octanol–water partition coefficient (Wildman–Crippen LogP) is 1.96. The number of hydrogen-bond acceptors (Lipinski definition) is 4. The van der Waals surface area contributed by atoms with Gasteiger partial charge in [0.05, 0.1) is 0 Å². The van der Waals surface area contributed by atoms with Crippen molar-refractivity contribution >= 4 is 11.1 Å². The largest absolute Gasteiger partial charge is 0.443 e. The summed E-state index contributed by atoms with van der Waals surface area (Å²) in [4.78, 5) is 4.13. The Morgan fingerprint density at radius 1 is 1.32 bits per heavy atom. The molecule has 19 heavy (non-hydrogen) atoms. The molecular formula is C15H21N3O. The van der Waals surface area contributed by atoms with Gasteiger partial charge in [-0.2, -0.15) is 0 Å². The van der Waals surface area contributed by atoms with Gasteiger partial charge in [-0.15, -0.1) is 0 Å². The van der Waals surface area contributed by atoms with Crippen molar-refractivity contribution in [2.75, 3.05) is 26.2 Å². The van der Waals surface area contributed by atoms with Gasteiger partial charge in [-0.25, -0.2) is 4.98 Å². The maximum absolute atomic E-state index is 5.32. The molecule has 3 rings (SSSR count). The van der Waals surface area contributed by atoms with Crippen LogP contribution in [-0.4, -0.2) is 31.2 Å². The van der Waals surface area contributed by atoms with E-state index in [1.165, 1.54) is 37.9 Å². The molecular weight excluding hydrogens is 238 g/mol. The summed E-state index contributed by atoms with van der Waals surface area (Å²) in [5, 5.41) is 6.97. The third-order valence-corrected chi connectivity index (χ3v) is 3.88. The van der Waals surface area contributed by atoms with E-state index < -0.39 is 0 Å². The van der Waals surface area contributed by atoms with Crippen molar-refractivity contribution in [2.24, 2.45) is 5.92 Å². The van der Waals surface area contributed by atoms with Crippen LogP contribution in [0.1, 0.15) is 18.4 Å². The van der Waals surface area contributed by atoms with Gasteiger partial charge < -0.3 is 15.1 Å². The van der Waals surface area contributed by atoms with Crippen molar-refractivity contribution in [3.05, 3.63) is 30.2 Å². The Hall–Kier alpha value is -1.39. The maximum atomic E-state index is 5.32. The second-order valence-electron chi connectivity index (χ2n) is 5.30. The molecule has 1 aliphatic heterocycles. The van der Waals surface area contributed by atoms with Crippen LogP contribution < -0.4 is 10.6 Å². The fourth-order valence-corrected chi connectivity index (χ4v) is 2.68. The molecule has 102 valence electrons. The first-order valence-electron chi connectivity index (χ1n) is 7.15. The summed E-state index contributed by atoms with van der Waals surface area (Å²) in [6, 6.07) is 6.26. The van der Waals surface area contributed by atoms with Crippen LogP contribution in [0, 0.1) is 5.92 Å². The molecule has 1 fully saturated rings. The quantitative estimate of drug-likeness (QED) is 0.806. The van der Waals surface area contributed by atoms with E-state index in [0.29, 0.717) is 0 Å². The second-order valence-corrected chi connectivity index (χ2v) is 5.30. The summed E-state index contributed by atoms with van der Waals surface area (Å²) in [6.45, 7) is 4.53. The summed E-state index contributed by atoms with van der Waals surface area (Å²) in [5.74, 6) is 0.845. The lowest BCUT2D eigenvalue weighted by Crippen LogP contribution is -2.34. The minimum atomic E-state index is 0.845. The minimum absolute atomic E-state index is 0.845. The van der Waals surface area contributed by atoms with Crippen LogP contribution in [-0.2, 0) is 6.42 Å². The van der Waals surface area contributed by atoms with Crippen molar-refractivity contribution in [1.29, 1.82) is 0 Å². The highest BCUT2D eigenvalue weighted by Gasteiger charge is 2.11. The van der Waals surface area contributed by atoms with Crippen molar-refractivity contribution < 1.29 is 4.42 Å². The van der Waals surface area contributed by atoms with Gasteiger partial charge >= 0.3 is 0 Å². The highest BCUT2D eigenvalue weighted by molar-refractivity contribution is 5.72. The maximum Gasteiger partial charge on any atom is 0.181 e. The lowest BCUT2D eigenvalue weighted by Gasteiger charge is -2.22. The van der Waals surface area contributed by atoms with E-state index in [0.717, 1.165) is 36.5 Å². The molecule has 2 heterocycles. The molecule has 1 aliphatic rings. The van der Waals surface area contributed by atoms with E-state index in [1.807, 2.05) is 6.07 Å². The average molecular weight is 259 g/mol. The number of oxazole rings is 1. The first-order chi connectivity index (χ1) is 9.42. The molecule has 0 amide bonds. The van der Waals surface area contributed by atoms with Gasteiger partial charge in [0, 0.05) is 0 Å². The molecule has 0 bridgehead atoms. The topological polar surface area (TPSA) is 50.1 Å². The first kappa shape index (κ1) is 12.6. The van der Waals surface area contributed by atoms with E-state index >= 15 is 0 Å². The summed E-state index contributed by atoms with van der Waals surface area (Å²) in [6.07, 6.45) is 5.15. The third-order valence-electron chi connectivity index (χ3n) is 3.88. The van der Waals surface area contributed by atoms with Gasteiger partial charge in [0.25, 0.3) is 0 Å². The monoisotopic (exact) mass is 259 g/mol. The summed E-state index contributed by atoms with van der Waals surface area (Å²) >= 11 is 0. The molecule has 2 aromatic rings. The molecule has 0 unspecified atom stereocenters. The van der Waals surface area contributed by atoms with Gasteiger partial charge in [0.15, 0.2) is 12.0 Å². The van der Waals surface area contributed by atoms with Crippen LogP contribution in [0.2, 0.25) is 0 Å². The molecule has 1 aromatic heterocycles. The molecule has 0 spiro atoms. The predicted molar refractivity (Wildman–Crippen MR) is 76.2 cm³/mol. The Balaban J connectivity index is 1.43. The van der Waals surface area contributed by atoms with Crippen molar-refractivity contribution in [3.8, 4) is 0 Å². The third kappa shape index (κ3) is 3.33. The van der Waals surface area contributed by atoms with Crippen LogP contribution in [0.15, 0.2) is 29.0 Å². The molecule has 1 aromatic carbocycles. The van der Waals surface area contributed by atoms with Crippen LogP contribution >= 0.6 is 0 Å². The molecule has 0 radical (unpaired) electrons. The number of hydrogen-bond donors (Lipinski definition) is 2. The van der Waals surface area contributed by atoms with Gasteiger partial charge in [-0.3, -0.25) is 0 Å². The fraction of sp³-hybridized carbons (Fsp3) is 0.533. The molecule has 1 saturated heterocycles. The van der Waals surface area contributed by atoms with Crippen molar-refractivity contribution in [1.82, 2.24) is 15.6 Å². The first-order valence-corrected chi connectivity index (χ1v) is 7.15. The van der Waals surface area contributed by atoms with Crippen LogP contribution in [0.4, 0.5) is 0 Å². The standard InChI is InChI=1S/C15H21N3O/c1-2-14-15(19-11-18-14)9-12(1)3-8-17-10-13-4-6-16-7-5-13/h1-2,9,11,13,16-17H,3-8,10H2. The molecule has 4 nitrogen and oxygen atoms in total. The van der Waals surface area contributed by atoms with Gasteiger partial charge in [0.1, 0.15) is 5.52 Å². The normalized spacial score (nSPS) is 17.1. The molecule has 0 aliphatic carbocycles. The van der Waals surface area contributed by atoms with Crippen LogP contribution in [0.5, 0.6) is 0 Å². The molecule has 4 heteroatoms. The molecule has 0 saturated carbocycles. The lowest BCUT2D eigenvalue weighted by atomic mass is 9.98. The lowest BCUT2D eigenvalue weighted by molar-refractivity contribution is 0.358. The zero-order valence-electron chi connectivity index (χ0n) is 11.2. The summed E-state index contributed by atoms with van der Waals surface area (Å²) in [5.41, 5.74) is 3.13. The van der Waals surface area contributed by atoms with Crippen molar-refractivity contribution in [3.63, 3.8) is 0 Å². The van der Waals surface area contributed by atoms with Gasteiger partial charge in [0.2, 0.25) is 0 Å². The number of benzene rings is 1. The fourth-order valence-electron chi connectivity index (χ4n) is 2.68. The zero-order chi connectivity index (χ0) is 12.9. The Labute approximate surface area is 113 Å². The number of fused-ring (bicyclic) bond motifs is 1. The van der Waals surface area contributed by atoms with E-state index in [1.54, 1.807) is 0 Å². The van der Waals surface area contributed by atoms with E-state index in [9.17, 15) is 0 Å². The number of nitrogens with zero attached hydrogens (tertiary/aromatic N) is 1. The highest BCUT2D eigenvalue weighted by Crippen LogP contribution is 2.14. The smallest absolute Gasteiger partial charge is 0.181 e. The average Bonchev–Trinajstić information content (AvgIpc) is 2.92. The van der Waals surface area contributed by atoms with Crippen LogP contribution in [0.25, 0.3) is 11.1 Å². The zero-order valence-corrected chi connectivity index (χ0v) is 11.2. The van der Waals surface area contributed by atoms with E-state index in [2.05, 4.69) is 27.8 Å². The van der Waals surface area contributed by atoms with E-state index in [-0.39, 0.29) is 0 Å². The summed E-state index contributed by atoms with van der Waals surface area (Å²) in [7, 11) is 0.